The van der Waals surface area contributed by atoms with Gasteiger partial charge in [0.2, 0.25) is 0 Å². The number of halogens is 1. The first-order valence-corrected chi connectivity index (χ1v) is 5.10. The molecule has 0 saturated carbocycles. The number of hydrogen-bond acceptors (Lipinski definition) is 2. The van der Waals surface area contributed by atoms with E-state index in [1.807, 2.05) is 26.0 Å². The van der Waals surface area contributed by atoms with E-state index in [4.69, 9.17) is 28.6 Å². The normalized spacial score (nSPS) is 10.0. The lowest BCUT2D eigenvalue weighted by Crippen LogP contribution is -2.17. The van der Waals surface area contributed by atoms with Crippen molar-refractivity contribution in [1.82, 2.24) is 0 Å². The van der Waals surface area contributed by atoms with E-state index in [0.717, 1.165) is 5.69 Å². The second-order valence-corrected chi connectivity index (χ2v) is 3.89. The fraction of sp³-hybridized carbons (Fsp3) is 0.300. The molecule has 0 radical (unpaired) electrons. The Morgan fingerprint density at radius 3 is 2.43 bits per heavy atom. The molecule has 0 atom stereocenters. The molecular weight excluding hydrogens is 218 g/mol. The Labute approximate surface area is 94.2 Å². The smallest absolute Gasteiger partial charge is 0.261 e. The predicted octanol–water partition coefficient (Wildman–Crippen LogP) is 3.46. The summed E-state index contributed by atoms with van der Waals surface area (Å²) in [6, 6.07) is 7.28. The molecule has 0 saturated heterocycles. The number of thiocarbonyl (C=S) groups is 1. The van der Waals surface area contributed by atoms with Crippen LogP contribution in [0.2, 0.25) is 5.02 Å². The Hall–Kier alpha value is -0.800. The third-order valence-corrected chi connectivity index (χ3v) is 1.88. The summed E-state index contributed by atoms with van der Waals surface area (Å²) in [6.45, 7) is 3.85. The Bertz CT molecular complexity index is 310. The fourth-order valence-corrected chi connectivity index (χ4v) is 1.33. The molecule has 1 aromatic rings. The van der Waals surface area contributed by atoms with Crippen LogP contribution >= 0.6 is 23.8 Å². The molecular formula is C10H12ClNOS. The molecule has 1 aromatic carbocycles. The zero-order chi connectivity index (χ0) is 10.6. The molecule has 0 aliphatic heterocycles. The molecule has 0 unspecified atom stereocenters. The van der Waals surface area contributed by atoms with Gasteiger partial charge in [-0.3, -0.25) is 0 Å². The van der Waals surface area contributed by atoms with Crippen LogP contribution < -0.4 is 5.32 Å². The molecule has 0 amide bonds. The first-order valence-electron chi connectivity index (χ1n) is 4.31. The summed E-state index contributed by atoms with van der Waals surface area (Å²) in [5.74, 6) is 0. The van der Waals surface area contributed by atoms with Crippen molar-refractivity contribution in [3.63, 3.8) is 0 Å². The van der Waals surface area contributed by atoms with Gasteiger partial charge in [-0.1, -0.05) is 11.6 Å². The van der Waals surface area contributed by atoms with Crippen molar-refractivity contribution < 1.29 is 4.74 Å². The second-order valence-electron chi connectivity index (χ2n) is 3.09. The van der Waals surface area contributed by atoms with Crippen molar-refractivity contribution >= 4 is 34.7 Å². The van der Waals surface area contributed by atoms with Gasteiger partial charge in [-0.05, 0) is 50.3 Å². The number of rotatable bonds is 2. The van der Waals surface area contributed by atoms with E-state index in [1.165, 1.54) is 0 Å². The van der Waals surface area contributed by atoms with Crippen LogP contribution in [-0.4, -0.2) is 11.3 Å². The minimum atomic E-state index is 0.0855. The zero-order valence-electron chi connectivity index (χ0n) is 8.08. The topological polar surface area (TPSA) is 21.3 Å². The summed E-state index contributed by atoms with van der Waals surface area (Å²) in [4.78, 5) is 0. The van der Waals surface area contributed by atoms with Gasteiger partial charge in [-0.2, -0.15) is 0 Å². The van der Waals surface area contributed by atoms with Crippen molar-refractivity contribution in [1.29, 1.82) is 0 Å². The van der Waals surface area contributed by atoms with E-state index < -0.39 is 0 Å². The van der Waals surface area contributed by atoms with E-state index in [9.17, 15) is 0 Å². The molecule has 0 bridgehead atoms. The van der Waals surface area contributed by atoms with Crippen LogP contribution in [0.15, 0.2) is 24.3 Å². The van der Waals surface area contributed by atoms with Crippen molar-refractivity contribution in [2.75, 3.05) is 5.32 Å². The molecule has 0 heterocycles. The molecule has 1 N–H and O–H groups in total. The minimum absolute atomic E-state index is 0.0855. The maximum Gasteiger partial charge on any atom is 0.261 e. The molecule has 0 aliphatic rings. The van der Waals surface area contributed by atoms with Gasteiger partial charge in [0.05, 0.1) is 6.10 Å². The van der Waals surface area contributed by atoms with Crippen molar-refractivity contribution in [3.8, 4) is 0 Å². The van der Waals surface area contributed by atoms with Crippen LogP contribution in [0.25, 0.3) is 0 Å². The van der Waals surface area contributed by atoms with Crippen LogP contribution in [0, 0.1) is 0 Å². The molecule has 76 valence electrons. The molecule has 2 nitrogen and oxygen atoms in total. The van der Waals surface area contributed by atoms with Crippen molar-refractivity contribution in [2.45, 2.75) is 20.0 Å². The average Bonchev–Trinajstić information content (AvgIpc) is 2.07. The quantitative estimate of drug-likeness (QED) is 0.785. The van der Waals surface area contributed by atoms with E-state index in [0.29, 0.717) is 10.2 Å². The standard InChI is InChI=1S/C10H12ClNOS/c1-7(2)13-10(14)12-9-5-3-8(11)4-6-9/h3-7H,1-2H3,(H,12,14). The van der Waals surface area contributed by atoms with E-state index in [2.05, 4.69) is 5.32 Å². The van der Waals surface area contributed by atoms with Crippen LogP contribution in [0.1, 0.15) is 13.8 Å². The third kappa shape index (κ3) is 3.94. The van der Waals surface area contributed by atoms with E-state index in [1.54, 1.807) is 12.1 Å². The number of ether oxygens (including phenoxy) is 1. The number of anilines is 1. The number of nitrogens with one attached hydrogen (secondary N) is 1. The summed E-state index contributed by atoms with van der Waals surface area (Å²) >= 11 is 10.7. The highest BCUT2D eigenvalue weighted by Crippen LogP contribution is 2.13. The summed E-state index contributed by atoms with van der Waals surface area (Å²) in [6.07, 6.45) is 0.0855. The zero-order valence-corrected chi connectivity index (χ0v) is 9.65. The molecule has 0 fully saturated rings. The third-order valence-electron chi connectivity index (χ3n) is 1.43. The van der Waals surface area contributed by atoms with Gasteiger partial charge < -0.3 is 10.1 Å². The highest BCUT2D eigenvalue weighted by atomic mass is 35.5. The Morgan fingerprint density at radius 2 is 1.93 bits per heavy atom. The highest BCUT2D eigenvalue weighted by molar-refractivity contribution is 7.80. The lowest BCUT2D eigenvalue weighted by atomic mass is 10.3. The summed E-state index contributed by atoms with van der Waals surface area (Å²) in [5.41, 5.74) is 0.875. The summed E-state index contributed by atoms with van der Waals surface area (Å²) < 4.78 is 5.27. The SMILES string of the molecule is CC(C)OC(=S)Nc1ccc(Cl)cc1. The molecule has 4 heteroatoms. The molecule has 0 aliphatic carbocycles. The fourth-order valence-electron chi connectivity index (χ4n) is 0.895. The second kappa shape index (κ2) is 5.17. The monoisotopic (exact) mass is 229 g/mol. The van der Waals surface area contributed by atoms with E-state index in [-0.39, 0.29) is 6.10 Å². The molecule has 0 spiro atoms. The van der Waals surface area contributed by atoms with Crippen molar-refractivity contribution in [2.24, 2.45) is 0 Å². The van der Waals surface area contributed by atoms with E-state index >= 15 is 0 Å². The molecule has 1 rings (SSSR count). The number of benzene rings is 1. The Morgan fingerprint density at radius 1 is 1.36 bits per heavy atom. The first-order chi connectivity index (χ1) is 6.58. The van der Waals surface area contributed by atoms with Crippen molar-refractivity contribution in [3.05, 3.63) is 29.3 Å². The predicted molar refractivity (Wildman–Crippen MR) is 63.9 cm³/mol. The highest BCUT2D eigenvalue weighted by Gasteiger charge is 2.00. The number of hydrogen-bond donors (Lipinski definition) is 1. The maximum atomic E-state index is 5.74. The Kier molecular flexibility index (Phi) is 4.17. The first kappa shape index (κ1) is 11.3. The van der Waals surface area contributed by atoms with Crippen LogP contribution in [0.5, 0.6) is 0 Å². The lowest BCUT2D eigenvalue weighted by Gasteiger charge is -2.12. The minimum Gasteiger partial charge on any atom is -0.468 e. The van der Waals surface area contributed by atoms with Gasteiger partial charge in [0.15, 0.2) is 0 Å². The van der Waals surface area contributed by atoms with Gasteiger partial charge >= 0.3 is 0 Å². The van der Waals surface area contributed by atoms with Gasteiger partial charge in [0.1, 0.15) is 0 Å². The van der Waals surface area contributed by atoms with Gasteiger partial charge in [0.25, 0.3) is 5.17 Å². The molecule has 14 heavy (non-hydrogen) atoms. The van der Waals surface area contributed by atoms with Gasteiger partial charge in [0, 0.05) is 10.7 Å². The van der Waals surface area contributed by atoms with Crippen LogP contribution in [0.4, 0.5) is 5.69 Å². The lowest BCUT2D eigenvalue weighted by molar-refractivity contribution is 0.235. The van der Waals surface area contributed by atoms with Crippen LogP contribution in [-0.2, 0) is 4.74 Å². The summed E-state index contributed by atoms with van der Waals surface area (Å²) in [5, 5.41) is 4.03. The van der Waals surface area contributed by atoms with Crippen LogP contribution in [0.3, 0.4) is 0 Å². The average molecular weight is 230 g/mol. The van der Waals surface area contributed by atoms with Gasteiger partial charge in [-0.15, -0.1) is 0 Å². The van der Waals surface area contributed by atoms with Gasteiger partial charge in [-0.25, -0.2) is 0 Å². The molecule has 0 aromatic heterocycles. The summed E-state index contributed by atoms with van der Waals surface area (Å²) in [7, 11) is 0. The maximum absolute atomic E-state index is 5.74. The largest absolute Gasteiger partial charge is 0.468 e. The Balaban J connectivity index is 2.52.